The second-order valence-corrected chi connectivity index (χ2v) is 6.10. The molecule has 1 aliphatic carbocycles. The number of hydrazine groups is 1. The lowest BCUT2D eigenvalue weighted by molar-refractivity contribution is 0.399. The zero-order chi connectivity index (χ0) is 16.8. The number of hydrogen-bond donors (Lipinski definition) is 1. The Morgan fingerprint density at radius 1 is 1.43 bits per heavy atom. The number of halogens is 2. The maximum Gasteiger partial charge on any atom is 0.146 e. The number of aromatic nitrogens is 2. The van der Waals surface area contributed by atoms with Gasteiger partial charge in [0.1, 0.15) is 17.5 Å². The van der Waals surface area contributed by atoms with Gasteiger partial charge in [0.15, 0.2) is 0 Å². The van der Waals surface area contributed by atoms with Crippen LogP contribution in [-0.4, -0.2) is 28.6 Å². The molecule has 1 aliphatic rings. The molecule has 0 bridgehead atoms. The first-order valence-electron chi connectivity index (χ1n) is 7.71. The van der Waals surface area contributed by atoms with Gasteiger partial charge in [-0.25, -0.2) is 19.4 Å². The van der Waals surface area contributed by atoms with Crippen molar-refractivity contribution < 1.29 is 4.39 Å². The zero-order valence-electron chi connectivity index (χ0n) is 13.7. The lowest BCUT2D eigenvalue weighted by Crippen LogP contribution is -2.27. The predicted molar refractivity (Wildman–Crippen MR) is 92.8 cm³/mol. The molecular formula is C17H22ClFN4. The Kier molecular flexibility index (Phi) is 6.30. The molecule has 0 saturated heterocycles. The second-order valence-electron chi connectivity index (χ2n) is 5.66. The van der Waals surface area contributed by atoms with Gasteiger partial charge >= 0.3 is 0 Å². The Morgan fingerprint density at radius 3 is 2.96 bits per heavy atom. The minimum atomic E-state index is -0.335. The van der Waals surface area contributed by atoms with Gasteiger partial charge in [-0.2, -0.15) is 0 Å². The molecule has 23 heavy (non-hydrogen) atoms. The molecule has 1 aromatic rings. The van der Waals surface area contributed by atoms with E-state index in [1.165, 1.54) is 12.2 Å². The summed E-state index contributed by atoms with van der Waals surface area (Å²) in [5.74, 6) is 0.994. The minimum absolute atomic E-state index is 0.119. The summed E-state index contributed by atoms with van der Waals surface area (Å²) >= 11 is 5.86. The lowest BCUT2D eigenvalue weighted by atomic mass is 10.0. The molecule has 1 N–H and O–H groups in total. The molecule has 0 aliphatic heterocycles. The molecule has 1 atom stereocenters. The van der Waals surface area contributed by atoms with Crippen LogP contribution in [0.5, 0.6) is 0 Å². The highest BCUT2D eigenvalue weighted by Crippen LogP contribution is 2.21. The monoisotopic (exact) mass is 336 g/mol. The summed E-state index contributed by atoms with van der Waals surface area (Å²) in [6.07, 6.45) is 9.77. The summed E-state index contributed by atoms with van der Waals surface area (Å²) in [6.45, 7) is 5.00. The molecule has 0 spiro atoms. The number of allylic oxidation sites excluding steroid dienone is 6. The highest BCUT2D eigenvalue weighted by molar-refractivity contribution is 6.31. The molecule has 1 unspecified atom stereocenters. The topological polar surface area (TPSA) is 41.0 Å². The van der Waals surface area contributed by atoms with Crippen LogP contribution in [0.1, 0.15) is 24.7 Å². The first-order valence-corrected chi connectivity index (χ1v) is 8.08. The summed E-state index contributed by atoms with van der Waals surface area (Å²) in [7, 11) is 1.98. The van der Waals surface area contributed by atoms with Crippen molar-refractivity contribution >= 4 is 17.4 Å². The normalized spacial score (nSPS) is 17.7. The number of hydrogen-bond acceptors (Lipinski definition) is 4. The van der Waals surface area contributed by atoms with Crippen LogP contribution in [0.3, 0.4) is 0 Å². The molecule has 124 valence electrons. The van der Waals surface area contributed by atoms with Gasteiger partial charge in [0.25, 0.3) is 0 Å². The van der Waals surface area contributed by atoms with Gasteiger partial charge in [0.2, 0.25) is 0 Å². The minimum Gasteiger partial charge on any atom is -0.303 e. The van der Waals surface area contributed by atoms with Crippen LogP contribution in [0.2, 0.25) is 0 Å². The smallest absolute Gasteiger partial charge is 0.146 e. The van der Waals surface area contributed by atoms with Crippen LogP contribution in [0, 0.1) is 12.8 Å². The zero-order valence-corrected chi connectivity index (χ0v) is 14.4. The standard InChI is InChI=1S/C17H22ClFN4/c1-4-7-23(3)22-17-12(2)11-20-16(21-17)9-13-5-6-14(18)10-15(19)8-13/h5-6,8,10-11,13H,4,7,9H2,1-3H3,(H,20,21,22). The van der Waals surface area contributed by atoms with Crippen LogP contribution < -0.4 is 5.43 Å². The summed E-state index contributed by atoms with van der Waals surface area (Å²) in [5.41, 5.74) is 4.23. The van der Waals surface area contributed by atoms with Crippen molar-refractivity contribution in [3.63, 3.8) is 0 Å². The Hall–Kier alpha value is -1.72. The van der Waals surface area contributed by atoms with Crippen LogP contribution in [0.4, 0.5) is 10.2 Å². The largest absolute Gasteiger partial charge is 0.303 e. The highest BCUT2D eigenvalue weighted by Gasteiger charge is 2.12. The van der Waals surface area contributed by atoms with Gasteiger partial charge in [0, 0.05) is 42.7 Å². The number of aryl methyl sites for hydroxylation is 1. The van der Waals surface area contributed by atoms with E-state index >= 15 is 0 Å². The van der Waals surface area contributed by atoms with Crippen molar-refractivity contribution in [1.29, 1.82) is 0 Å². The van der Waals surface area contributed by atoms with Gasteiger partial charge in [-0.05, 0) is 31.6 Å². The van der Waals surface area contributed by atoms with E-state index < -0.39 is 0 Å². The average Bonchev–Trinajstić information content (AvgIpc) is 2.63. The number of nitrogens with one attached hydrogen (secondary N) is 1. The molecule has 1 aromatic heterocycles. The van der Waals surface area contributed by atoms with Crippen molar-refractivity contribution in [2.24, 2.45) is 5.92 Å². The Balaban J connectivity index is 2.12. The van der Waals surface area contributed by atoms with Gasteiger partial charge in [-0.15, -0.1) is 0 Å². The maximum atomic E-state index is 13.6. The third kappa shape index (κ3) is 5.44. The van der Waals surface area contributed by atoms with E-state index in [-0.39, 0.29) is 11.7 Å². The third-order valence-corrected chi connectivity index (χ3v) is 3.68. The number of nitrogens with zero attached hydrogens (tertiary/aromatic N) is 3. The van der Waals surface area contributed by atoms with E-state index in [0.29, 0.717) is 17.3 Å². The number of rotatable bonds is 6. The second kappa shape index (κ2) is 8.22. The van der Waals surface area contributed by atoms with E-state index in [4.69, 9.17) is 11.6 Å². The fourth-order valence-corrected chi connectivity index (χ4v) is 2.48. The van der Waals surface area contributed by atoms with Crippen molar-refractivity contribution in [3.8, 4) is 0 Å². The SMILES string of the molecule is CCCN(C)Nc1nc(CC2C=CC(Cl)=CC(F)=C2)ncc1C. The molecule has 0 radical (unpaired) electrons. The maximum absolute atomic E-state index is 13.6. The van der Waals surface area contributed by atoms with Crippen LogP contribution in [0.25, 0.3) is 0 Å². The molecule has 4 nitrogen and oxygen atoms in total. The molecule has 0 saturated carbocycles. The molecule has 2 rings (SSSR count). The quantitative estimate of drug-likeness (QED) is 0.792. The molecule has 6 heteroatoms. The summed E-state index contributed by atoms with van der Waals surface area (Å²) in [4.78, 5) is 8.92. The fraction of sp³-hybridized carbons (Fsp3) is 0.412. The van der Waals surface area contributed by atoms with E-state index in [2.05, 4.69) is 22.3 Å². The van der Waals surface area contributed by atoms with E-state index in [9.17, 15) is 4.39 Å². The molecule has 1 heterocycles. The fourth-order valence-electron chi connectivity index (χ4n) is 2.30. The third-order valence-electron chi connectivity index (χ3n) is 3.45. The van der Waals surface area contributed by atoms with E-state index in [1.807, 2.05) is 25.1 Å². The lowest BCUT2D eigenvalue weighted by Gasteiger charge is -2.19. The predicted octanol–water partition coefficient (Wildman–Crippen LogP) is 4.16. The van der Waals surface area contributed by atoms with Gasteiger partial charge in [0.05, 0.1) is 0 Å². The van der Waals surface area contributed by atoms with Gasteiger partial charge in [-0.1, -0.05) is 24.6 Å². The van der Waals surface area contributed by atoms with Crippen molar-refractivity contribution in [2.45, 2.75) is 26.7 Å². The number of anilines is 1. The highest BCUT2D eigenvalue weighted by atomic mass is 35.5. The Bertz CT molecular complexity index is 639. The molecule has 0 fully saturated rings. The Labute approximate surface area is 141 Å². The molecule has 0 aromatic carbocycles. The van der Waals surface area contributed by atoms with Crippen LogP contribution in [-0.2, 0) is 6.42 Å². The first kappa shape index (κ1) is 17.6. The van der Waals surface area contributed by atoms with Crippen LogP contribution in [0.15, 0.2) is 41.4 Å². The van der Waals surface area contributed by atoms with Gasteiger partial charge in [-0.3, -0.25) is 0 Å². The average molecular weight is 337 g/mol. The van der Waals surface area contributed by atoms with E-state index in [1.54, 1.807) is 12.3 Å². The molecular weight excluding hydrogens is 315 g/mol. The van der Waals surface area contributed by atoms with Crippen molar-refractivity contribution in [1.82, 2.24) is 15.0 Å². The summed E-state index contributed by atoms with van der Waals surface area (Å²) < 4.78 is 13.6. The summed E-state index contributed by atoms with van der Waals surface area (Å²) in [6, 6.07) is 0. The Morgan fingerprint density at radius 2 is 2.22 bits per heavy atom. The van der Waals surface area contributed by atoms with Crippen LogP contribution >= 0.6 is 11.6 Å². The van der Waals surface area contributed by atoms with Gasteiger partial charge < -0.3 is 5.43 Å². The van der Waals surface area contributed by atoms with Crippen molar-refractivity contribution in [2.75, 3.05) is 19.0 Å². The van der Waals surface area contributed by atoms with E-state index in [0.717, 1.165) is 24.3 Å². The van der Waals surface area contributed by atoms with Crippen molar-refractivity contribution in [3.05, 3.63) is 52.7 Å². The summed E-state index contributed by atoms with van der Waals surface area (Å²) in [5, 5.41) is 2.38. The molecule has 0 amide bonds. The first-order chi connectivity index (χ1) is 11.0.